The Hall–Kier alpha value is -2.74. The molecule has 2 saturated heterocycles. The van der Waals surface area contributed by atoms with Crippen LogP contribution in [0, 0.1) is 6.92 Å². The fraction of sp³-hybridized carbons (Fsp3) is 0.375. The number of nitrogens with one attached hydrogen (secondary N) is 1. The van der Waals surface area contributed by atoms with Gasteiger partial charge in [0, 0.05) is 61.4 Å². The van der Waals surface area contributed by atoms with Crippen LogP contribution in [0.15, 0.2) is 48.9 Å². The molecule has 4 heterocycles. The van der Waals surface area contributed by atoms with Crippen LogP contribution in [0.2, 0.25) is 5.02 Å². The first-order valence-electron chi connectivity index (χ1n) is 10.9. The second kappa shape index (κ2) is 8.31. The quantitative estimate of drug-likeness (QED) is 0.638. The molecular formula is C24H26ClN5O2. The van der Waals surface area contributed by atoms with Gasteiger partial charge >= 0.3 is 0 Å². The first-order chi connectivity index (χ1) is 15.4. The van der Waals surface area contributed by atoms with Gasteiger partial charge in [-0.1, -0.05) is 23.7 Å². The summed E-state index contributed by atoms with van der Waals surface area (Å²) in [5, 5.41) is 19.0. The van der Waals surface area contributed by atoms with Gasteiger partial charge in [-0.05, 0) is 49.1 Å². The normalized spacial score (nSPS) is 23.7. The standard InChI is InChI=1S/C24H26ClN5O2/c1-16-20(22-7-9-27-28-22)12-26-13-21(16)23(31)29-10-11-30-15-24(32,8-6-19(30)14-29)17-2-4-18(25)5-3-17/h2-5,7,9,12-13,19,32H,6,8,10-11,14-15H2,1H3,(H,27,28)/t19-,24-/m1/s1. The van der Waals surface area contributed by atoms with Crippen molar-refractivity contribution in [2.75, 3.05) is 26.2 Å². The number of aliphatic hydroxyl groups is 1. The second-order valence-electron chi connectivity index (χ2n) is 8.77. The van der Waals surface area contributed by atoms with Crippen molar-refractivity contribution in [2.45, 2.75) is 31.4 Å². The predicted molar refractivity (Wildman–Crippen MR) is 122 cm³/mol. The number of hydrogen-bond donors (Lipinski definition) is 2. The molecule has 2 N–H and O–H groups in total. The summed E-state index contributed by atoms with van der Waals surface area (Å²) >= 11 is 6.01. The number of H-pyrrole nitrogens is 1. The number of carbonyl (C=O) groups excluding carboxylic acids is 1. The molecule has 2 aliphatic heterocycles. The van der Waals surface area contributed by atoms with Crippen LogP contribution in [0.4, 0.5) is 0 Å². The zero-order valence-corrected chi connectivity index (χ0v) is 18.7. The fourth-order valence-corrected chi connectivity index (χ4v) is 5.08. The monoisotopic (exact) mass is 451 g/mol. The minimum absolute atomic E-state index is 0.00516. The van der Waals surface area contributed by atoms with Gasteiger partial charge < -0.3 is 10.0 Å². The number of piperazine rings is 1. The number of carbonyl (C=O) groups is 1. The number of amides is 1. The van der Waals surface area contributed by atoms with Crippen LogP contribution in [0.1, 0.15) is 34.3 Å². The highest BCUT2D eigenvalue weighted by atomic mass is 35.5. The van der Waals surface area contributed by atoms with Crippen molar-refractivity contribution in [1.82, 2.24) is 25.0 Å². The van der Waals surface area contributed by atoms with Gasteiger partial charge in [-0.25, -0.2) is 0 Å². The second-order valence-corrected chi connectivity index (χ2v) is 9.21. The van der Waals surface area contributed by atoms with E-state index in [9.17, 15) is 9.90 Å². The molecule has 2 fully saturated rings. The number of nitrogens with zero attached hydrogens (tertiary/aromatic N) is 4. The first-order valence-corrected chi connectivity index (χ1v) is 11.3. The third kappa shape index (κ3) is 3.81. The van der Waals surface area contributed by atoms with Crippen molar-refractivity contribution in [2.24, 2.45) is 0 Å². The number of piperidine rings is 1. The molecule has 5 rings (SSSR count). The molecule has 0 saturated carbocycles. The lowest BCUT2D eigenvalue weighted by molar-refractivity contribution is -0.0740. The molecule has 166 valence electrons. The van der Waals surface area contributed by atoms with E-state index >= 15 is 0 Å². The smallest absolute Gasteiger partial charge is 0.255 e. The van der Waals surface area contributed by atoms with Crippen LogP contribution in [0.5, 0.6) is 0 Å². The van der Waals surface area contributed by atoms with Crippen LogP contribution in [-0.4, -0.2) is 68.2 Å². The zero-order valence-electron chi connectivity index (χ0n) is 18.0. The van der Waals surface area contributed by atoms with Crippen molar-refractivity contribution in [3.8, 4) is 11.3 Å². The molecular weight excluding hydrogens is 426 g/mol. The highest BCUT2D eigenvalue weighted by Crippen LogP contribution is 2.36. The highest BCUT2D eigenvalue weighted by Gasteiger charge is 2.42. The van der Waals surface area contributed by atoms with Crippen LogP contribution in [-0.2, 0) is 5.60 Å². The Balaban J connectivity index is 1.30. The van der Waals surface area contributed by atoms with Crippen molar-refractivity contribution < 1.29 is 9.90 Å². The third-order valence-electron chi connectivity index (χ3n) is 6.85. The van der Waals surface area contributed by atoms with E-state index in [4.69, 9.17) is 11.6 Å². The van der Waals surface area contributed by atoms with Crippen LogP contribution < -0.4 is 0 Å². The Bertz CT molecular complexity index is 1120. The number of aromatic amines is 1. The maximum absolute atomic E-state index is 13.4. The fourth-order valence-electron chi connectivity index (χ4n) is 4.96. The van der Waals surface area contributed by atoms with Gasteiger partial charge in [-0.15, -0.1) is 0 Å². The molecule has 0 aliphatic carbocycles. The van der Waals surface area contributed by atoms with E-state index in [2.05, 4.69) is 20.1 Å². The summed E-state index contributed by atoms with van der Waals surface area (Å²) in [6, 6.07) is 9.58. The molecule has 0 bridgehead atoms. The van der Waals surface area contributed by atoms with E-state index in [1.807, 2.05) is 42.2 Å². The van der Waals surface area contributed by atoms with E-state index in [-0.39, 0.29) is 11.9 Å². The Morgan fingerprint density at radius 2 is 2.03 bits per heavy atom. The Morgan fingerprint density at radius 1 is 1.22 bits per heavy atom. The topological polar surface area (TPSA) is 85.4 Å². The number of benzene rings is 1. The predicted octanol–water partition coefficient (Wildman–Crippen LogP) is 3.24. The van der Waals surface area contributed by atoms with Gasteiger partial charge in [0.05, 0.1) is 11.3 Å². The van der Waals surface area contributed by atoms with Gasteiger partial charge in [0.15, 0.2) is 0 Å². The van der Waals surface area contributed by atoms with Gasteiger partial charge in [0.1, 0.15) is 5.60 Å². The van der Waals surface area contributed by atoms with Crippen LogP contribution in [0.3, 0.4) is 0 Å². The SMILES string of the molecule is Cc1c(C(=O)N2CCN3C[C@@](O)(c4ccc(Cl)cc4)CC[C@@H]3C2)cncc1-c1cc[nH]n1. The lowest BCUT2D eigenvalue weighted by Crippen LogP contribution is -2.60. The Labute approximate surface area is 192 Å². The van der Waals surface area contributed by atoms with Gasteiger partial charge in [-0.3, -0.25) is 19.8 Å². The highest BCUT2D eigenvalue weighted by molar-refractivity contribution is 6.30. The maximum Gasteiger partial charge on any atom is 0.255 e. The average Bonchev–Trinajstić information content (AvgIpc) is 3.33. The summed E-state index contributed by atoms with van der Waals surface area (Å²) in [5.74, 6) is 0.00516. The summed E-state index contributed by atoms with van der Waals surface area (Å²) in [7, 11) is 0. The van der Waals surface area contributed by atoms with Gasteiger partial charge in [0.25, 0.3) is 5.91 Å². The zero-order chi connectivity index (χ0) is 22.3. The van der Waals surface area contributed by atoms with Crippen molar-refractivity contribution in [1.29, 1.82) is 0 Å². The summed E-state index contributed by atoms with van der Waals surface area (Å²) in [5.41, 5.74) is 3.17. The maximum atomic E-state index is 13.4. The number of halogens is 1. The molecule has 0 radical (unpaired) electrons. The molecule has 8 heteroatoms. The van der Waals surface area contributed by atoms with Gasteiger partial charge in [-0.2, -0.15) is 5.10 Å². The molecule has 1 aromatic carbocycles. The van der Waals surface area contributed by atoms with E-state index < -0.39 is 5.60 Å². The minimum Gasteiger partial charge on any atom is -0.384 e. The average molecular weight is 452 g/mol. The Kier molecular flexibility index (Phi) is 5.49. The summed E-state index contributed by atoms with van der Waals surface area (Å²) in [6.45, 7) is 4.52. The number of rotatable bonds is 3. The molecule has 0 spiro atoms. The van der Waals surface area contributed by atoms with Crippen molar-refractivity contribution in [3.63, 3.8) is 0 Å². The third-order valence-corrected chi connectivity index (χ3v) is 7.10. The van der Waals surface area contributed by atoms with Crippen LogP contribution >= 0.6 is 11.6 Å². The van der Waals surface area contributed by atoms with Crippen molar-refractivity contribution >= 4 is 17.5 Å². The van der Waals surface area contributed by atoms with E-state index in [1.165, 1.54) is 0 Å². The van der Waals surface area contributed by atoms with Crippen LogP contribution in [0.25, 0.3) is 11.3 Å². The number of pyridine rings is 1. The van der Waals surface area contributed by atoms with E-state index in [0.29, 0.717) is 36.6 Å². The molecule has 3 aromatic rings. The largest absolute Gasteiger partial charge is 0.384 e. The molecule has 32 heavy (non-hydrogen) atoms. The summed E-state index contributed by atoms with van der Waals surface area (Å²) in [6.07, 6.45) is 6.65. The molecule has 2 atom stereocenters. The van der Waals surface area contributed by atoms with E-state index in [1.54, 1.807) is 18.6 Å². The molecule has 2 aliphatic rings. The first kappa shape index (κ1) is 21.1. The van der Waals surface area contributed by atoms with E-state index in [0.717, 1.165) is 35.3 Å². The lowest BCUT2D eigenvalue weighted by Gasteiger charge is -2.49. The number of hydrogen-bond acceptors (Lipinski definition) is 5. The summed E-state index contributed by atoms with van der Waals surface area (Å²) in [4.78, 5) is 21.9. The molecule has 0 unspecified atom stereocenters. The molecule has 7 nitrogen and oxygen atoms in total. The Morgan fingerprint density at radius 3 is 2.78 bits per heavy atom. The van der Waals surface area contributed by atoms with Gasteiger partial charge in [0.2, 0.25) is 0 Å². The molecule has 1 amide bonds. The molecule has 2 aromatic heterocycles. The lowest BCUT2D eigenvalue weighted by atomic mass is 9.82. The minimum atomic E-state index is -0.883. The number of fused-ring (bicyclic) bond motifs is 1. The van der Waals surface area contributed by atoms with Crippen molar-refractivity contribution in [3.05, 3.63) is 70.6 Å². The number of aromatic nitrogens is 3. The summed E-state index contributed by atoms with van der Waals surface area (Å²) < 4.78 is 0.